The molecule has 0 spiro atoms. The molecule has 1 aromatic carbocycles. The number of nitrogens with one attached hydrogen (secondary N) is 1. The van der Waals surface area contributed by atoms with Crippen LogP contribution in [0.5, 0.6) is 0 Å². The van der Waals surface area contributed by atoms with Gasteiger partial charge in [0.15, 0.2) is 6.61 Å². The summed E-state index contributed by atoms with van der Waals surface area (Å²) in [6, 6.07) is 7.89. The summed E-state index contributed by atoms with van der Waals surface area (Å²) >= 11 is 0. The predicted octanol–water partition coefficient (Wildman–Crippen LogP) is 1.73. The first-order valence-electron chi connectivity index (χ1n) is 12.6. The van der Waals surface area contributed by atoms with Crippen molar-refractivity contribution in [3.05, 3.63) is 29.8 Å². The maximum absolute atomic E-state index is 12.8. The number of ether oxygens (including phenoxy) is 1. The molecular formula is C25H38N6O4. The van der Waals surface area contributed by atoms with Gasteiger partial charge in [-0.05, 0) is 58.0 Å². The fourth-order valence-corrected chi connectivity index (χ4v) is 5.05. The number of urea groups is 1. The molecule has 2 fully saturated rings. The van der Waals surface area contributed by atoms with Crippen LogP contribution in [-0.4, -0.2) is 122 Å². The van der Waals surface area contributed by atoms with Crippen molar-refractivity contribution in [3.63, 3.8) is 0 Å². The average molecular weight is 487 g/mol. The molecule has 0 atom stereocenters. The van der Waals surface area contributed by atoms with Crippen LogP contribution in [0.2, 0.25) is 0 Å². The lowest BCUT2D eigenvalue weighted by atomic mass is 10.0. The van der Waals surface area contributed by atoms with E-state index in [1.54, 1.807) is 9.80 Å². The molecule has 0 radical (unpaired) electrons. The van der Waals surface area contributed by atoms with Gasteiger partial charge in [-0.3, -0.25) is 9.69 Å². The van der Waals surface area contributed by atoms with Gasteiger partial charge in [0.25, 0.3) is 5.91 Å². The lowest BCUT2D eigenvalue weighted by molar-refractivity contribution is -0.134. The second-order valence-corrected chi connectivity index (χ2v) is 9.88. The third-order valence-electron chi connectivity index (χ3n) is 7.11. The van der Waals surface area contributed by atoms with E-state index in [1.165, 1.54) is 0 Å². The van der Waals surface area contributed by atoms with Crippen LogP contribution in [0.15, 0.2) is 24.3 Å². The molecule has 3 aliphatic heterocycles. The molecule has 3 heterocycles. The third kappa shape index (κ3) is 6.64. The second kappa shape index (κ2) is 11.7. The standard InChI is InChI=1S/C25H38N6O4/c1-27(2)11-5-12-28-16-17-30(19-28)23(32)18-35-25(34)29-13-9-21(10-14-29)31-15-8-20-6-3-4-7-22(20)26-24(31)33/h3-4,6-7,21H,5,8-19H2,1-2H3,(H,26,33). The van der Waals surface area contributed by atoms with Crippen molar-refractivity contribution < 1.29 is 19.1 Å². The SMILES string of the molecule is CN(C)CCCN1CCN(C(=O)COC(=O)N2CCC(N3CCc4ccccc4NC3=O)CC2)C1. The Bertz CT molecular complexity index is 902. The van der Waals surface area contributed by atoms with Crippen LogP contribution in [-0.2, 0) is 16.0 Å². The van der Waals surface area contributed by atoms with E-state index in [1.807, 2.05) is 29.2 Å². The van der Waals surface area contributed by atoms with Crippen molar-refractivity contribution in [2.75, 3.05) is 78.5 Å². The lowest BCUT2D eigenvalue weighted by Gasteiger charge is -2.37. The zero-order valence-corrected chi connectivity index (χ0v) is 20.9. The number of nitrogens with zero attached hydrogens (tertiary/aromatic N) is 5. The zero-order valence-electron chi connectivity index (χ0n) is 20.9. The maximum atomic E-state index is 12.8. The van der Waals surface area contributed by atoms with Crippen LogP contribution >= 0.6 is 0 Å². The highest BCUT2D eigenvalue weighted by atomic mass is 16.6. The Kier molecular flexibility index (Phi) is 8.46. The molecule has 4 rings (SSSR count). The summed E-state index contributed by atoms with van der Waals surface area (Å²) in [5, 5.41) is 3.02. The summed E-state index contributed by atoms with van der Waals surface area (Å²) < 4.78 is 5.35. The van der Waals surface area contributed by atoms with Crippen molar-refractivity contribution in [1.82, 2.24) is 24.5 Å². The van der Waals surface area contributed by atoms with Gasteiger partial charge in [0.2, 0.25) is 0 Å². The number of fused-ring (bicyclic) bond motifs is 1. The van der Waals surface area contributed by atoms with Crippen LogP contribution in [0.1, 0.15) is 24.8 Å². The number of benzene rings is 1. The molecule has 4 amide bonds. The Morgan fingerprint density at radius 1 is 1.06 bits per heavy atom. The van der Waals surface area contributed by atoms with Crippen molar-refractivity contribution in [1.29, 1.82) is 0 Å². The van der Waals surface area contributed by atoms with Crippen LogP contribution in [0, 0.1) is 0 Å². The lowest BCUT2D eigenvalue weighted by Crippen LogP contribution is -2.50. The summed E-state index contributed by atoms with van der Waals surface area (Å²) in [6.45, 7) is 5.56. The summed E-state index contributed by atoms with van der Waals surface area (Å²) in [5.74, 6) is -0.149. The van der Waals surface area contributed by atoms with E-state index in [-0.39, 0.29) is 24.6 Å². The average Bonchev–Trinajstić information content (AvgIpc) is 3.25. The number of carbonyl (C=O) groups excluding carboxylic acids is 3. The van der Waals surface area contributed by atoms with Crippen molar-refractivity contribution in [2.24, 2.45) is 0 Å². The number of para-hydroxylation sites is 1. The minimum Gasteiger partial charge on any atom is -0.439 e. The van der Waals surface area contributed by atoms with E-state index >= 15 is 0 Å². The molecular weight excluding hydrogens is 448 g/mol. The van der Waals surface area contributed by atoms with Gasteiger partial charge < -0.3 is 29.7 Å². The van der Waals surface area contributed by atoms with Crippen molar-refractivity contribution in [2.45, 2.75) is 31.7 Å². The van der Waals surface area contributed by atoms with Crippen LogP contribution in [0.25, 0.3) is 0 Å². The van der Waals surface area contributed by atoms with Gasteiger partial charge in [-0.25, -0.2) is 9.59 Å². The Morgan fingerprint density at radius 2 is 1.83 bits per heavy atom. The fraction of sp³-hybridized carbons (Fsp3) is 0.640. The van der Waals surface area contributed by atoms with Gasteiger partial charge in [0, 0.05) is 51.0 Å². The summed E-state index contributed by atoms with van der Waals surface area (Å²) in [5.41, 5.74) is 2.02. The predicted molar refractivity (Wildman–Crippen MR) is 133 cm³/mol. The van der Waals surface area contributed by atoms with Gasteiger partial charge in [-0.15, -0.1) is 0 Å². The summed E-state index contributed by atoms with van der Waals surface area (Å²) in [7, 11) is 4.11. The van der Waals surface area contributed by atoms with Crippen molar-refractivity contribution >= 4 is 23.7 Å². The highest BCUT2D eigenvalue weighted by Gasteiger charge is 2.32. The molecule has 1 aromatic rings. The monoisotopic (exact) mass is 486 g/mol. The number of anilines is 1. The van der Waals surface area contributed by atoms with Gasteiger partial charge in [-0.1, -0.05) is 18.2 Å². The molecule has 10 heteroatoms. The molecule has 35 heavy (non-hydrogen) atoms. The minimum absolute atomic E-state index is 0.0806. The van der Waals surface area contributed by atoms with Crippen LogP contribution in [0.4, 0.5) is 15.3 Å². The Hall–Kier alpha value is -2.85. The topological polar surface area (TPSA) is 88.7 Å². The van der Waals surface area contributed by atoms with E-state index in [0.717, 1.165) is 43.7 Å². The van der Waals surface area contributed by atoms with Crippen LogP contribution in [0.3, 0.4) is 0 Å². The molecule has 0 aromatic heterocycles. The molecule has 0 aliphatic carbocycles. The molecule has 3 aliphatic rings. The summed E-state index contributed by atoms with van der Waals surface area (Å²) in [6.07, 6.45) is 2.81. The second-order valence-electron chi connectivity index (χ2n) is 9.88. The maximum Gasteiger partial charge on any atom is 0.410 e. The summed E-state index contributed by atoms with van der Waals surface area (Å²) in [4.78, 5) is 47.6. The molecule has 2 saturated heterocycles. The first-order valence-corrected chi connectivity index (χ1v) is 12.6. The number of hydrogen-bond acceptors (Lipinski definition) is 6. The molecule has 0 saturated carbocycles. The largest absolute Gasteiger partial charge is 0.439 e. The van der Waals surface area contributed by atoms with Crippen LogP contribution < -0.4 is 5.32 Å². The van der Waals surface area contributed by atoms with E-state index in [2.05, 4.69) is 29.2 Å². The minimum atomic E-state index is -0.452. The molecule has 0 unspecified atom stereocenters. The molecule has 10 nitrogen and oxygen atoms in total. The number of amides is 4. The first kappa shape index (κ1) is 25.2. The number of hydrogen-bond donors (Lipinski definition) is 1. The fourth-order valence-electron chi connectivity index (χ4n) is 5.05. The van der Waals surface area contributed by atoms with E-state index < -0.39 is 6.09 Å². The van der Waals surface area contributed by atoms with Gasteiger partial charge >= 0.3 is 12.1 Å². The van der Waals surface area contributed by atoms with Gasteiger partial charge in [-0.2, -0.15) is 0 Å². The normalized spacial score (nSPS) is 19.5. The van der Waals surface area contributed by atoms with Gasteiger partial charge in [0.05, 0.1) is 6.67 Å². The smallest absolute Gasteiger partial charge is 0.410 e. The third-order valence-corrected chi connectivity index (χ3v) is 7.11. The van der Waals surface area contributed by atoms with E-state index in [0.29, 0.717) is 45.7 Å². The number of likely N-dealkylation sites (tertiary alicyclic amines) is 1. The Balaban J connectivity index is 1.17. The number of rotatable bonds is 7. The first-order chi connectivity index (χ1) is 16.9. The molecule has 1 N–H and O–H groups in total. The van der Waals surface area contributed by atoms with E-state index in [9.17, 15) is 14.4 Å². The zero-order chi connectivity index (χ0) is 24.8. The number of carbonyl (C=O) groups is 3. The highest BCUT2D eigenvalue weighted by Crippen LogP contribution is 2.24. The molecule has 0 bridgehead atoms. The van der Waals surface area contributed by atoms with Gasteiger partial charge in [0.1, 0.15) is 0 Å². The number of piperidine rings is 1. The Labute approximate surface area is 207 Å². The highest BCUT2D eigenvalue weighted by molar-refractivity contribution is 5.91. The van der Waals surface area contributed by atoms with Crippen molar-refractivity contribution in [3.8, 4) is 0 Å². The molecule has 192 valence electrons. The Morgan fingerprint density at radius 3 is 2.60 bits per heavy atom. The quantitative estimate of drug-likeness (QED) is 0.632. The van der Waals surface area contributed by atoms with E-state index in [4.69, 9.17) is 4.74 Å².